The van der Waals surface area contributed by atoms with Gasteiger partial charge in [-0.05, 0) is 55.5 Å². The third kappa shape index (κ3) is 4.03. The molecule has 0 spiro atoms. The summed E-state index contributed by atoms with van der Waals surface area (Å²) in [7, 11) is 0. The summed E-state index contributed by atoms with van der Waals surface area (Å²) in [6, 6.07) is 19.8. The van der Waals surface area contributed by atoms with E-state index in [0.717, 1.165) is 10.2 Å². The van der Waals surface area contributed by atoms with Crippen molar-refractivity contribution in [1.29, 1.82) is 0 Å². The molecule has 9 heteroatoms. The number of nitrogens with zero attached hydrogens (tertiary/aromatic N) is 4. The Hall–Kier alpha value is -4.53. The largest absolute Gasteiger partial charge is 0.436 e. The van der Waals surface area contributed by atoms with Crippen LogP contribution in [0.1, 0.15) is 5.56 Å². The normalized spacial score (nSPS) is 11.1. The maximum atomic E-state index is 13.2. The molecule has 164 valence electrons. The van der Waals surface area contributed by atoms with Gasteiger partial charge in [-0.1, -0.05) is 29.8 Å². The summed E-state index contributed by atoms with van der Waals surface area (Å²) in [4.78, 5) is 30.2. The summed E-state index contributed by atoms with van der Waals surface area (Å²) in [5.41, 5.74) is 2.25. The number of hydrogen-bond donors (Lipinski definition) is 1. The number of nitrogens with one attached hydrogen (secondary N) is 1. The lowest BCUT2D eigenvalue weighted by Crippen LogP contribution is -2.28. The molecular weight excluding hydrogens is 425 g/mol. The number of aromatic nitrogens is 4. The van der Waals surface area contributed by atoms with Gasteiger partial charge in [0.25, 0.3) is 5.88 Å². The van der Waals surface area contributed by atoms with Crippen LogP contribution in [0, 0.1) is 12.7 Å². The average molecular weight is 443 g/mol. The molecule has 0 radical (unpaired) electrons. The Bertz CT molecular complexity index is 1540. The van der Waals surface area contributed by atoms with Crippen LogP contribution in [-0.2, 0) is 11.3 Å². The van der Waals surface area contributed by atoms with E-state index in [1.165, 1.54) is 28.7 Å². The first-order valence-electron chi connectivity index (χ1n) is 10.2. The zero-order valence-electron chi connectivity index (χ0n) is 17.5. The van der Waals surface area contributed by atoms with Crippen molar-refractivity contribution in [2.45, 2.75) is 13.5 Å². The lowest BCUT2D eigenvalue weighted by molar-refractivity contribution is -0.117. The Morgan fingerprint density at radius 1 is 1.03 bits per heavy atom. The predicted octanol–water partition coefficient (Wildman–Crippen LogP) is 3.92. The third-order valence-corrected chi connectivity index (χ3v) is 5.03. The summed E-state index contributed by atoms with van der Waals surface area (Å²) in [6.07, 6.45) is 0. The van der Waals surface area contributed by atoms with E-state index in [1.807, 2.05) is 25.1 Å². The zero-order valence-corrected chi connectivity index (χ0v) is 17.5. The Kier molecular flexibility index (Phi) is 5.06. The first kappa shape index (κ1) is 20.4. The molecule has 33 heavy (non-hydrogen) atoms. The molecule has 2 aromatic heterocycles. The summed E-state index contributed by atoms with van der Waals surface area (Å²) in [5.74, 6) is -0.205. The maximum Gasteiger partial charge on any atom is 0.351 e. The van der Waals surface area contributed by atoms with Gasteiger partial charge in [0.05, 0.1) is 11.0 Å². The average Bonchev–Trinajstić information content (AvgIpc) is 3.13. The first-order valence-corrected chi connectivity index (χ1v) is 10.2. The Balaban J connectivity index is 1.55. The highest BCUT2D eigenvalue weighted by Gasteiger charge is 2.19. The molecule has 1 N–H and O–H groups in total. The number of anilines is 1. The van der Waals surface area contributed by atoms with Crippen LogP contribution < -0.4 is 15.7 Å². The number of carbonyl (C=O) groups excluding carboxylic acids is 1. The zero-order chi connectivity index (χ0) is 22.9. The highest BCUT2D eigenvalue weighted by molar-refractivity contribution is 5.90. The van der Waals surface area contributed by atoms with Gasteiger partial charge in [-0.15, -0.1) is 5.10 Å². The van der Waals surface area contributed by atoms with Crippen molar-refractivity contribution in [1.82, 2.24) is 19.2 Å². The van der Waals surface area contributed by atoms with E-state index >= 15 is 0 Å². The van der Waals surface area contributed by atoms with Crippen molar-refractivity contribution in [2.75, 3.05) is 5.32 Å². The molecule has 0 unspecified atom stereocenters. The van der Waals surface area contributed by atoms with Gasteiger partial charge in [0, 0.05) is 5.69 Å². The van der Waals surface area contributed by atoms with Crippen LogP contribution >= 0.6 is 0 Å². The number of aryl methyl sites for hydroxylation is 1. The molecule has 5 aromatic rings. The van der Waals surface area contributed by atoms with Crippen LogP contribution in [0.3, 0.4) is 0 Å². The van der Waals surface area contributed by atoms with E-state index in [4.69, 9.17) is 4.74 Å². The fourth-order valence-corrected chi connectivity index (χ4v) is 3.43. The van der Waals surface area contributed by atoms with E-state index in [9.17, 15) is 14.0 Å². The van der Waals surface area contributed by atoms with Crippen LogP contribution in [0.5, 0.6) is 11.6 Å². The summed E-state index contributed by atoms with van der Waals surface area (Å²) < 4.78 is 21.5. The van der Waals surface area contributed by atoms with Gasteiger partial charge < -0.3 is 10.1 Å². The summed E-state index contributed by atoms with van der Waals surface area (Å²) >= 11 is 0. The molecule has 0 saturated carbocycles. The van der Waals surface area contributed by atoms with Crippen LogP contribution in [0.4, 0.5) is 10.1 Å². The van der Waals surface area contributed by atoms with Gasteiger partial charge in [0.1, 0.15) is 18.1 Å². The monoisotopic (exact) mass is 443 g/mol. The predicted molar refractivity (Wildman–Crippen MR) is 121 cm³/mol. The highest BCUT2D eigenvalue weighted by atomic mass is 19.1. The number of amides is 1. The number of fused-ring (bicyclic) bond motifs is 3. The molecule has 2 heterocycles. The summed E-state index contributed by atoms with van der Waals surface area (Å²) in [5, 5.41) is 6.96. The lowest BCUT2D eigenvalue weighted by Gasteiger charge is -2.07. The van der Waals surface area contributed by atoms with Gasteiger partial charge >= 0.3 is 5.69 Å². The Morgan fingerprint density at radius 2 is 1.76 bits per heavy atom. The van der Waals surface area contributed by atoms with Crippen LogP contribution in [0.15, 0.2) is 77.6 Å². The number of hydrogen-bond acceptors (Lipinski definition) is 5. The van der Waals surface area contributed by atoms with Crippen LogP contribution in [0.25, 0.3) is 16.7 Å². The third-order valence-electron chi connectivity index (χ3n) is 5.03. The van der Waals surface area contributed by atoms with Crippen molar-refractivity contribution in [3.05, 3.63) is 94.7 Å². The minimum atomic E-state index is -0.508. The van der Waals surface area contributed by atoms with Crippen molar-refractivity contribution in [3.63, 3.8) is 0 Å². The standard InChI is InChI=1S/C24H18FN5O3/c1-15-6-12-18(13-7-15)33-23-22-28-29(14-21(31)26-17-10-8-16(25)9-11-17)24(32)30(22)20-5-3-2-4-19(20)27-23/h2-13H,14H2,1H3,(H,26,31). The molecule has 1 amide bonds. The maximum absolute atomic E-state index is 13.2. The van der Waals surface area contributed by atoms with E-state index < -0.39 is 17.4 Å². The van der Waals surface area contributed by atoms with E-state index in [1.54, 1.807) is 30.3 Å². The lowest BCUT2D eigenvalue weighted by atomic mass is 10.2. The van der Waals surface area contributed by atoms with Crippen LogP contribution in [-0.4, -0.2) is 25.1 Å². The van der Waals surface area contributed by atoms with E-state index in [2.05, 4.69) is 15.4 Å². The van der Waals surface area contributed by atoms with Crippen molar-refractivity contribution >= 4 is 28.3 Å². The smallest absolute Gasteiger partial charge is 0.351 e. The van der Waals surface area contributed by atoms with Crippen LogP contribution in [0.2, 0.25) is 0 Å². The topological polar surface area (TPSA) is 90.5 Å². The van der Waals surface area contributed by atoms with Gasteiger partial charge in [-0.2, -0.15) is 0 Å². The number of ether oxygens (including phenoxy) is 1. The van der Waals surface area contributed by atoms with Crippen molar-refractivity contribution < 1.29 is 13.9 Å². The first-order chi connectivity index (χ1) is 16.0. The Morgan fingerprint density at radius 3 is 2.52 bits per heavy atom. The quantitative estimate of drug-likeness (QED) is 0.445. The highest BCUT2D eigenvalue weighted by Crippen LogP contribution is 2.26. The summed E-state index contributed by atoms with van der Waals surface area (Å²) in [6.45, 7) is 1.63. The molecule has 3 aromatic carbocycles. The number of carbonyl (C=O) groups is 1. The van der Waals surface area contributed by atoms with Crippen molar-refractivity contribution in [2.24, 2.45) is 0 Å². The second-order valence-corrected chi connectivity index (χ2v) is 7.48. The van der Waals surface area contributed by atoms with Gasteiger partial charge in [0.15, 0.2) is 0 Å². The second-order valence-electron chi connectivity index (χ2n) is 7.48. The van der Waals surface area contributed by atoms with E-state index in [-0.39, 0.29) is 18.1 Å². The fourth-order valence-electron chi connectivity index (χ4n) is 3.43. The van der Waals surface area contributed by atoms with Crippen molar-refractivity contribution in [3.8, 4) is 11.6 Å². The number of para-hydroxylation sites is 2. The minimum absolute atomic E-state index is 0.146. The number of benzene rings is 3. The molecule has 0 saturated heterocycles. The fraction of sp³-hybridized carbons (Fsp3) is 0.0833. The molecule has 0 bridgehead atoms. The van der Waals surface area contributed by atoms with E-state index in [0.29, 0.717) is 22.5 Å². The molecule has 0 fully saturated rings. The molecule has 0 aliphatic carbocycles. The van der Waals surface area contributed by atoms with Gasteiger partial charge in [-0.3, -0.25) is 4.79 Å². The second kappa shape index (κ2) is 8.19. The molecular formula is C24H18FN5O3. The molecule has 5 rings (SSSR count). The molecule has 8 nitrogen and oxygen atoms in total. The van der Waals surface area contributed by atoms with Gasteiger partial charge in [-0.25, -0.2) is 23.3 Å². The molecule has 0 aliphatic heterocycles. The van der Waals surface area contributed by atoms with Gasteiger partial charge in [0.2, 0.25) is 11.6 Å². The number of rotatable bonds is 5. The molecule has 0 aliphatic rings. The Labute approximate surface area is 186 Å². The number of halogens is 1. The SMILES string of the molecule is Cc1ccc(Oc2nc3ccccc3n3c(=O)n(CC(=O)Nc4ccc(F)cc4)nc23)cc1. The minimum Gasteiger partial charge on any atom is -0.436 e. The molecule has 0 atom stereocenters.